The summed E-state index contributed by atoms with van der Waals surface area (Å²) in [4.78, 5) is -0.993. The predicted molar refractivity (Wildman–Crippen MR) is 53.2 cm³/mol. The van der Waals surface area contributed by atoms with Crippen LogP contribution in [0.2, 0.25) is 0 Å². The molecule has 0 aliphatic carbocycles. The van der Waals surface area contributed by atoms with Gasteiger partial charge in [-0.1, -0.05) is 6.07 Å². The molecule has 1 rings (SSSR count). The Morgan fingerprint density at radius 1 is 1.25 bits per heavy atom. The van der Waals surface area contributed by atoms with E-state index in [4.69, 9.17) is 5.11 Å². The number of aliphatic hydroxyl groups excluding tert-OH is 1. The molecular weight excluding hydrogens is 240 g/mol. The topological polar surface area (TPSA) is 66.4 Å². The minimum atomic E-state index is -4.20. The summed E-state index contributed by atoms with van der Waals surface area (Å²) in [5.74, 6) is -2.28. The quantitative estimate of drug-likeness (QED) is 0.754. The summed E-state index contributed by atoms with van der Waals surface area (Å²) >= 11 is 0. The van der Waals surface area contributed by atoms with E-state index in [1.807, 2.05) is 4.72 Å². The van der Waals surface area contributed by atoms with Crippen LogP contribution in [-0.4, -0.2) is 26.7 Å². The van der Waals surface area contributed by atoms with Crippen molar-refractivity contribution in [1.82, 2.24) is 4.72 Å². The van der Waals surface area contributed by atoms with Crippen LogP contribution in [-0.2, 0) is 10.0 Å². The molecule has 0 unspecified atom stereocenters. The first kappa shape index (κ1) is 13.0. The van der Waals surface area contributed by atoms with Gasteiger partial charge in [0.05, 0.1) is 0 Å². The average Bonchev–Trinajstić information content (AvgIpc) is 2.17. The summed E-state index contributed by atoms with van der Waals surface area (Å²) in [6.07, 6.45) is 0.176. The molecule has 0 radical (unpaired) electrons. The Bertz CT molecular complexity index is 442. The standard InChI is InChI=1S/C9H11F2NO3S/c10-7-3-1-4-8(11)9(7)16(14,15)12-5-2-6-13/h1,3-4,12-13H,2,5-6H2. The van der Waals surface area contributed by atoms with E-state index in [0.29, 0.717) is 0 Å². The fourth-order valence-corrected chi connectivity index (χ4v) is 2.30. The van der Waals surface area contributed by atoms with Gasteiger partial charge in [-0.15, -0.1) is 0 Å². The molecule has 90 valence electrons. The molecule has 1 aromatic carbocycles. The third-order valence-electron chi connectivity index (χ3n) is 1.81. The molecule has 0 aromatic heterocycles. The van der Waals surface area contributed by atoms with Crippen molar-refractivity contribution in [2.75, 3.05) is 13.2 Å². The van der Waals surface area contributed by atoms with Gasteiger partial charge in [-0.2, -0.15) is 0 Å². The molecule has 0 amide bonds. The van der Waals surface area contributed by atoms with Crippen LogP contribution in [0.4, 0.5) is 8.78 Å². The molecular formula is C9H11F2NO3S. The van der Waals surface area contributed by atoms with Gasteiger partial charge in [0.15, 0.2) is 4.90 Å². The van der Waals surface area contributed by atoms with Gasteiger partial charge in [0.1, 0.15) is 11.6 Å². The largest absolute Gasteiger partial charge is 0.396 e. The number of hydrogen-bond donors (Lipinski definition) is 2. The van der Waals surface area contributed by atoms with Gasteiger partial charge < -0.3 is 5.11 Å². The van der Waals surface area contributed by atoms with Crippen molar-refractivity contribution in [3.63, 3.8) is 0 Å². The monoisotopic (exact) mass is 251 g/mol. The zero-order chi connectivity index (χ0) is 12.2. The highest BCUT2D eigenvalue weighted by Gasteiger charge is 2.22. The van der Waals surface area contributed by atoms with Crippen molar-refractivity contribution >= 4 is 10.0 Å². The molecule has 1 aromatic rings. The maximum atomic E-state index is 13.1. The first-order chi connectivity index (χ1) is 7.49. The summed E-state index contributed by atoms with van der Waals surface area (Å²) in [6.45, 7) is -0.283. The number of sulfonamides is 1. The predicted octanol–water partition coefficient (Wildman–Crippen LogP) is 0.625. The Morgan fingerprint density at radius 3 is 2.31 bits per heavy atom. The Kier molecular flexibility index (Phi) is 4.34. The molecule has 16 heavy (non-hydrogen) atoms. The first-order valence-corrected chi connectivity index (χ1v) is 6.02. The lowest BCUT2D eigenvalue weighted by Crippen LogP contribution is -2.27. The second kappa shape index (κ2) is 5.33. The van der Waals surface area contributed by atoms with Crippen LogP contribution < -0.4 is 4.72 Å². The van der Waals surface area contributed by atoms with Crippen molar-refractivity contribution in [2.24, 2.45) is 0 Å². The van der Waals surface area contributed by atoms with Gasteiger partial charge in [0, 0.05) is 13.2 Å². The highest BCUT2D eigenvalue weighted by atomic mass is 32.2. The second-order valence-corrected chi connectivity index (χ2v) is 4.73. The Hall–Kier alpha value is -1.05. The molecule has 0 heterocycles. The van der Waals surface area contributed by atoms with E-state index >= 15 is 0 Å². The number of benzene rings is 1. The molecule has 7 heteroatoms. The minimum absolute atomic E-state index is 0.0768. The Morgan fingerprint density at radius 2 is 1.81 bits per heavy atom. The number of hydrogen-bond acceptors (Lipinski definition) is 3. The molecule has 4 nitrogen and oxygen atoms in total. The molecule has 0 atom stereocenters. The van der Waals surface area contributed by atoms with Crippen LogP contribution in [0.1, 0.15) is 6.42 Å². The number of aliphatic hydroxyl groups is 1. The smallest absolute Gasteiger partial charge is 0.246 e. The molecule has 0 aliphatic heterocycles. The van der Waals surface area contributed by atoms with Crippen molar-refractivity contribution < 1.29 is 22.3 Å². The lowest BCUT2D eigenvalue weighted by atomic mass is 10.3. The van der Waals surface area contributed by atoms with Crippen LogP contribution in [0.5, 0.6) is 0 Å². The van der Waals surface area contributed by atoms with E-state index in [2.05, 4.69) is 0 Å². The van der Waals surface area contributed by atoms with Gasteiger partial charge in [-0.3, -0.25) is 0 Å². The summed E-state index contributed by atoms with van der Waals surface area (Å²) < 4.78 is 51.2. The third-order valence-corrected chi connectivity index (χ3v) is 3.33. The molecule has 0 spiro atoms. The normalized spacial score (nSPS) is 11.7. The summed E-state index contributed by atoms with van der Waals surface area (Å²) in [5.41, 5.74) is 0. The van der Waals surface area contributed by atoms with Gasteiger partial charge in [0.2, 0.25) is 10.0 Å². The van der Waals surface area contributed by atoms with Gasteiger partial charge in [0.25, 0.3) is 0 Å². The zero-order valence-corrected chi connectivity index (χ0v) is 9.10. The van der Waals surface area contributed by atoms with Crippen molar-refractivity contribution in [1.29, 1.82) is 0 Å². The number of halogens is 2. The van der Waals surface area contributed by atoms with E-state index in [1.54, 1.807) is 0 Å². The second-order valence-electron chi connectivity index (χ2n) is 3.03. The minimum Gasteiger partial charge on any atom is -0.396 e. The van der Waals surface area contributed by atoms with Crippen LogP contribution in [0.3, 0.4) is 0 Å². The van der Waals surface area contributed by atoms with Crippen LogP contribution in [0.25, 0.3) is 0 Å². The molecule has 2 N–H and O–H groups in total. The van der Waals surface area contributed by atoms with Crippen LogP contribution >= 0.6 is 0 Å². The zero-order valence-electron chi connectivity index (χ0n) is 8.28. The van der Waals surface area contributed by atoms with Crippen molar-refractivity contribution in [3.05, 3.63) is 29.8 Å². The van der Waals surface area contributed by atoms with E-state index < -0.39 is 26.6 Å². The summed E-state index contributed by atoms with van der Waals surface area (Å²) in [6, 6.07) is 2.81. The first-order valence-electron chi connectivity index (χ1n) is 4.53. The van der Waals surface area contributed by atoms with E-state index in [1.165, 1.54) is 0 Å². The molecule has 0 saturated heterocycles. The molecule has 0 bridgehead atoms. The highest BCUT2D eigenvalue weighted by molar-refractivity contribution is 7.89. The number of nitrogens with one attached hydrogen (secondary N) is 1. The van der Waals surface area contributed by atoms with Gasteiger partial charge in [-0.25, -0.2) is 21.9 Å². The molecule has 0 aliphatic rings. The molecule has 0 saturated carbocycles. The van der Waals surface area contributed by atoms with E-state index in [9.17, 15) is 17.2 Å². The maximum absolute atomic E-state index is 13.1. The van der Waals surface area contributed by atoms with E-state index in [0.717, 1.165) is 18.2 Å². The van der Waals surface area contributed by atoms with Gasteiger partial charge >= 0.3 is 0 Å². The lowest BCUT2D eigenvalue weighted by Gasteiger charge is -2.07. The Labute approximate surface area is 92.0 Å². The summed E-state index contributed by atoms with van der Waals surface area (Å²) in [7, 11) is -4.20. The summed E-state index contributed by atoms with van der Waals surface area (Å²) in [5, 5.41) is 8.46. The highest BCUT2D eigenvalue weighted by Crippen LogP contribution is 2.17. The SMILES string of the molecule is O=S(=O)(NCCCO)c1c(F)cccc1F. The van der Waals surface area contributed by atoms with Crippen molar-refractivity contribution in [2.45, 2.75) is 11.3 Å². The van der Waals surface area contributed by atoms with Crippen molar-refractivity contribution in [3.8, 4) is 0 Å². The lowest BCUT2D eigenvalue weighted by molar-refractivity contribution is 0.289. The fourth-order valence-electron chi connectivity index (χ4n) is 1.10. The third kappa shape index (κ3) is 2.97. The fraction of sp³-hybridized carbons (Fsp3) is 0.333. The van der Waals surface area contributed by atoms with Crippen LogP contribution in [0.15, 0.2) is 23.1 Å². The number of rotatable bonds is 5. The van der Waals surface area contributed by atoms with E-state index in [-0.39, 0.29) is 19.6 Å². The maximum Gasteiger partial charge on any atom is 0.246 e. The molecule has 0 fully saturated rings. The van der Waals surface area contributed by atoms with Crippen LogP contribution in [0, 0.1) is 11.6 Å². The van der Waals surface area contributed by atoms with Gasteiger partial charge in [-0.05, 0) is 18.6 Å². The average molecular weight is 251 g/mol. The Balaban J connectivity index is 2.98.